The number of hydrogen-bond donors (Lipinski definition) is 0. The van der Waals surface area contributed by atoms with Crippen LogP contribution in [0, 0.1) is 0 Å². The Kier molecular flexibility index (Phi) is 1.25. The first kappa shape index (κ1) is 6.48. The first-order valence-corrected chi connectivity index (χ1v) is 3.47. The molecular formula is C6H4N4S. The Hall–Kier alpha value is -1.23. The Morgan fingerprint density at radius 1 is 1.36 bits per heavy atom. The van der Waals surface area contributed by atoms with Crippen molar-refractivity contribution in [2.45, 2.75) is 6.92 Å². The smallest absolute Gasteiger partial charge is 0.188 e. The summed E-state index contributed by atoms with van der Waals surface area (Å²) in [5, 5.41) is 7.65. The van der Waals surface area contributed by atoms with Crippen molar-refractivity contribution in [3.63, 3.8) is 0 Å². The normalized spacial score (nSPS) is 20.8. The molecule has 0 atom stereocenters. The minimum Gasteiger partial charge on any atom is -0.224 e. The van der Waals surface area contributed by atoms with E-state index in [9.17, 15) is 0 Å². The standard InChI is InChI=1S/C6H4N4S/c1-3-4-5(10-9-3)7-2-8-6(4)11/h2H,1H3. The van der Waals surface area contributed by atoms with Crippen LogP contribution in [0.3, 0.4) is 0 Å². The molecule has 0 bridgehead atoms. The Morgan fingerprint density at radius 3 is 2.91 bits per heavy atom. The van der Waals surface area contributed by atoms with Crippen molar-refractivity contribution >= 4 is 29.4 Å². The van der Waals surface area contributed by atoms with Crippen molar-refractivity contribution in [1.29, 1.82) is 0 Å². The number of azo groups is 1. The lowest BCUT2D eigenvalue weighted by Crippen LogP contribution is -2.10. The van der Waals surface area contributed by atoms with E-state index in [4.69, 9.17) is 12.2 Å². The van der Waals surface area contributed by atoms with E-state index >= 15 is 0 Å². The second kappa shape index (κ2) is 2.13. The molecule has 2 aliphatic heterocycles. The molecular weight excluding hydrogens is 160 g/mol. The minimum absolute atomic E-state index is 0.525. The number of amidine groups is 1. The molecule has 0 aromatic rings. The maximum absolute atomic E-state index is 4.96. The lowest BCUT2D eigenvalue weighted by Gasteiger charge is -2.02. The number of nitrogens with zero attached hydrogens (tertiary/aromatic N) is 4. The number of hydrogen-bond acceptors (Lipinski definition) is 4. The van der Waals surface area contributed by atoms with Gasteiger partial charge in [-0.3, -0.25) is 0 Å². The van der Waals surface area contributed by atoms with Crippen LogP contribution in [0.25, 0.3) is 0 Å². The molecule has 0 amide bonds. The molecule has 0 saturated heterocycles. The molecule has 2 heterocycles. The Bertz CT molecular complexity index is 348. The van der Waals surface area contributed by atoms with Gasteiger partial charge < -0.3 is 0 Å². The second-order valence-corrected chi connectivity index (χ2v) is 2.55. The van der Waals surface area contributed by atoms with Gasteiger partial charge in [0.2, 0.25) is 0 Å². The summed E-state index contributed by atoms with van der Waals surface area (Å²) < 4.78 is 0. The first-order chi connectivity index (χ1) is 5.29. The highest BCUT2D eigenvalue weighted by Gasteiger charge is 2.22. The molecule has 5 heteroatoms. The lowest BCUT2D eigenvalue weighted by atomic mass is 10.2. The second-order valence-electron chi connectivity index (χ2n) is 2.16. The van der Waals surface area contributed by atoms with E-state index in [1.807, 2.05) is 6.92 Å². The predicted octanol–water partition coefficient (Wildman–Crippen LogP) is 1.49. The number of aliphatic imine (C=N–C) groups is 2. The fourth-order valence-corrected chi connectivity index (χ4v) is 1.21. The molecule has 2 rings (SSSR count). The molecule has 4 nitrogen and oxygen atoms in total. The molecule has 0 radical (unpaired) electrons. The van der Waals surface area contributed by atoms with Gasteiger partial charge in [0.1, 0.15) is 11.3 Å². The molecule has 0 saturated carbocycles. The average Bonchev–Trinajstić information content (AvgIpc) is 2.34. The van der Waals surface area contributed by atoms with Gasteiger partial charge in [-0.1, -0.05) is 12.2 Å². The van der Waals surface area contributed by atoms with Crippen LogP contribution in [0.5, 0.6) is 0 Å². The van der Waals surface area contributed by atoms with Crippen LogP contribution in [0.15, 0.2) is 31.5 Å². The van der Waals surface area contributed by atoms with Gasteiger partial charge in [-0.15, -0.1) is 5.11 Å². The van der Waals surface area contributed by atoms with E-state index in [0.29, 0.717) is 10.8 Å². The third-order valence-electron chi connectivity index (χ3n) is 1.45. The molecule has 11 heavy (non-hydrogen) atoms. The predicted molar refractivity (Wildman–Crippen MR) is 46.1 cm³/mol. The van der Waals surface area contributed by atoms with E-state index in [0.717, 1.165) is 11.3 Å². The van der Waals surface area contributed by atoms with E-state index in [1.165, 1.54) is 6.34 Å². The van der Waals surface area contributed by atoms with Gasteiger partial charge in [0.05, 0.1) is 11.3 Å². The van der Waals surface area contributed by atoms with Gasteiger partial charge in [0.15, 0.2) is 5.84 Å². The van der Waals surface area contributed by atoms with Crippen LogP contribution in [-0.4, -0.2) is 17.2 Å². The molecule has 54 valence electrons. The van der Waals surface area contributed by atoms with Crippen LogP contribution in [-0.2, 0) is 0 Å². The van der Waals surface area contributed by atoms with Gasteiger partial charge in [0.25, 0.3) is 0 Å². The van der Waals surface area contributed by atoms with Crippen LogP contribution >= 0.6 is 12.2 Å². The molecule has 0 N–H and O–H groups in total. The Labute approximate surface area is 68.5 Å². The number of rotatable bonds is 0. The zero-order chi connectivity index (χ0) is 7.84. The highest BCUT2D eigenvalue weighted by molar-refractivity contribution is 7.81. The summed E-state index contributed by atoms with van der Waals surface area (Å²) in [5.41, 5.74) is 1.59. The molecule has 0 aromatic heterocycles. The van der Waals surface area contributed by atoms with Crippen molar-refractivity contribution in [3.8, 4) is 0 Å². The zero-order valence-corrected chi connectivity index (χ0v) is 6.59. The van der Waals surface area contributed by atoms with E-state index in [2.05, 4.69) is 20.2 Å². The summed E-state index contributed by atoms with van der Waals surface area (Å²) in [5.74, 6) is 0.586. The summed E-state index contributed by atoms with van der Waals surface area (Å²) in [6, 6.07) is 0. The quantitative estimate of drug-likeness (QED) is 0.500. The van der Waals surface area contributed by atoms with Crippen molar-refractivity contribution in [3.05, 3.63) is 11.3 Å². The highest BCUT2D eigenvalue weighted by Crippen LogP contribution is 2.20. The van der Waals surface area contributed by atoms with Gasteiger partial charge in [-0.05, 0) is 6.92 Å². The SMILES string of the molecule is CC1=C2C(=S)N=CN=C2N=N1. The van der Waals surface area contributed by atoms with E-state index < -0.39 is 0 Å². The fourth-order valence-electron chi connectivity index (χ4n) is 0.925. The van der Waals surface area contributed by atoms with Gasteiger partial charge in [-0.2, -0.15) is 5.11 Å². The van der Waals surface area contributed by atoms with Crippen LogP contribution in [0.2, 0.25) is 0 Å². The van der Waals surface area contributed by atoms with Gasteiger partial charge in [0, 0.05) is 0 Å². The Morgan fingerprint density at radius 2 is 2.18 bits per heavy atom. The number of thiocarbonyl (C=S) groups is 1. The average molecular weight is 164 g/mol. The topological polar surface area (TPSA) is 49.4 Å². The summed E-state index contributed by atoms with van der Waals surface area (Å²) in [7, 11) is 0. The van der Waals surface area contributed by atoms with E-state index in [-0.39, 0.29) is 0 Å². The van der Waals surface area contributed by atoms with Crippen LogP contribution in [0.1, 0.15) is 6.92 Å². The van der Waals surface area contributed by atoms with Gasteiger partial charge in [-0.25, -0.2) is 9.98 Å². The van der Waals surface area contributed by atoms with Crippen LogP contribution < -0.4 is 0 Å². The van der Waals surface area contributed by atoms with Crippen LogP contribution in [0.4, 0.5) is 0 Å². The summed E-state index contributed by atoms with van der Waals surface area (Å²) in [6.07, 6.45) is 1.40. The lowest BCUT2D eigenvalue weighted by molar-refractivity contribution is 1.20. The van der Waals surface area contributed by atoms with Crippen molar-refractivity contribution < 1.29 is 0 Å². The van der Waals surface area contributed by atoms with Gasteiger partial charge >= 0.3 is 0 Å². The Balaban J connectivity index is 2.61. The summed E-state index contributed by atoms with van der Waals surface area (Å²) in [6.45, 7) is 1.84. The van der Waals surface area contributed by atoms with Crippen molar-refractivity contribution in [1.82, 2.24) is 0 Å². The summed E-state index contributed by atoms with van der Waals surface area (Å²) >= 11 is 4.96. The van der Waals surface area contributed by atoms with E-state index in [1.54, 1.807) is 0 Å². The molecule has 2 aliphatic rings. The largest absolute Gasteiger partial charge is 0.224 e. The maximum atomic E-state index is 4.96. The first-order valence-electron chi connectivity index (χ1n) is 3.06. The number of fused-ring (bicyclic) bond motifs is 1. The van der Waals surface area contributed by atoms with Crippen molar-refractivity contribution in [2.75, 3.05) is 0 Å². The molecule has 0 aromatic carbocycles. The number of allylic oxidation sites excluding steroid dienone is 1. The third-order valence-corrected chi connectivity index (χ3v) is 1.76. The molecule has 0 spiro atoms. The fraction of sp³-hybridized carbons (Fsp3) is 0.167. The molecule has 0 fully saturated rings. The van der Waals surface area contributed by atoms with Crippen molar-refractivity contribution in [2.24, 2.45) is 20.2 Å². The third kappa shape index (κ3) is 0.848. The zero-order valence-electron chi connectivity index (χ0n) is 5.77. The monoisotopic (exact) mass is 164 g/mol. The maximum Gasteiger partial charge on any atom is 0.188 e. The highest BCUT2D eigenvalue weighted by atomic mass is 32.1. The molecule has 0 unspecified atom stereocenters. The minimum atomic E-state index is 0.525. The summed E-state index contributed by atoms with van der Waals surface area (Å²) in [4.78, 5) is 8.30. The molecule has 0 aliphatic carbocycles.